The Labute approximate surface area is 207 Å². The first-order valence-corrected chi connectivity index (χ1v) is 11.1. The molecule has 1 atom stereocenters. The minimum Gasteiger partial charge on any atom is -0.497 e. The predicted molar refractivity (Wildman–Crippen MR) is 130 cm³/mol. The maximum absolute atomic E-state index is 13.0. The zero-order valence-electron chi connectivity index (χ0n) is 19.9. The molecule has 0 bridgehead atoms. The Hall–Kier alpha value is -4.66. The van der Waals surface area contributed by atoms with Crippen LogP contribution in [0.15, 0.2) is 66.7 Å². The summed E-state index contributed by atoms with van der Waals surface area (Å²) in [6.45, 7) is 1.20. The third-order valence-electron chi connectivity index (χ3n) is 5.84. The molecule has 0 unspecified atom stereocenters. The fourth-order valence-electron chi connectivity index (χ4n) is 3.93. The summed E-state index contributed by atoms with van der Waals surface area (Å²) in [7, 11) is 2.95. The normalized spacial score (nSPS) is 13.1. The maximum Gasteiger partial charge on any atom is 0.338 e. The van der Waals surface area contributed by atoms with E-state index in [0.29, 0.717) is 17.2 Å². The van der Waals surface area contributed by atoms with Crippen molar-refractivity contribution in [2.45, 2.75) is 13.0 Å². The Kier molecular flexibility index (Phi) is 7.00. The van der Waals surface area contributed by atoms with Gasteiger partial charge in [-0.1, -0.05) is 30.3 Å². The number of methoxy groups -OCH3 is 2. The van der Waals surface area contributed by atoms with Crippen molar-refractivity contribution in [2.24, 2.45) is 0 Å². The first-order chi connectivity index (χ1) is 17.3. The van der Waals surface area contributed by atoms with Crippen molar-refractivity contribution in [3.8, 4) is 11.5 Å². The second kappa shape index (κ2) is 10.3. The molecule has 3 aromatic rings. The van der Waals surface area contributed by atoms with Gasteiger partial charge in [0.05, 0.1) is 42.6 Å². The Morgan fingerprint density at radius 2 is 1.61 bits per heavy atom. The zero-order chi connectivity index (χ0) is 25.8. The molecule has 1 heterocycles. The summed E-state index contributed by atoms with van der Waals surface area (Å²) < 4.78 is 15.5. The third-order valence-corrected chi connectivity index (χ3v) is 5.84. The summed E-state index contributed by atoms with van der Waals surface area (Å²) in [6, 6.07) is 17.7. The topological polar surface area (TPSA) is 111 Å². The number of nitrogens with one attached hydrogen (secondary N) is 1. The number of benzene rings is 3. The number of carbonyl (C=O) groups is 4. The second-order valence-corrected chi connectivity index (χ2v) is 8.02. The fourth-order valence-corrected chi connectivity index (χ4v) is 3.93. The van der Waals surface area contributed by atoms with Gasteiger partial charge in [0.2, 0.25) is 0 Å². The highest BCUT2D eigenvalue weighted by atomic mass is 16.5. The predicted octanol–water partition coefficient (Wildman–Crippen LogP) is 3.86. The molecule has 1 aliphatic rings. The molecule has 3 aromatic carbocycles. The van der Waals surface area contributed by atoms with E-state index in [1.165, 1.54) is 37.3 Å². The molecular weight excluding hydrogens is 464 g/mol. The summed E-state index contributed by atoms with van der Waals surface area (Å²) in [6.07, 6.45) is 0. The lowest BCUT2D eigenvalue weighted by Gasteiger charge is -2.22. The van der Waals surface area contributed by atoms with Crippen molar-refractivity contribution in [1.82, 2.24) is 4.90 Å². The molecule has 0 fully saturated rings. The minimum atomic E-state index is -0.805. The number of carbonyl (C=O) groups excluding carboxylic acids is 4. The lowest BCUT2D eigenvalue weighted by molar-refractivity contribution is -0.119. The number of nitrogens with zero attached hydrogens (tertiary/aromatic N) is 1. The number of fused-ring (bicyclic) bond motifs is 1. The van der Waals surface area contributed by atoms with Gasteiger partial charge in [0.25, 0.3) is 17.7 Å². The van der Waals surface area contributed by atoms with E-state index >= 15 is 0 Å². The highest BCUT2D eigenvalue weighted by Crippen LogP contribution is 2.32. The van der Waals surface area contributed by atoms with E-state index in [9.17, 15) is 19.2 Å². The number of hydrogen-bond donors (Lipinski definition) is 1. The number of imide groups is 1. The lowest BCUT2D eigenvalue weighted by atomic mass is 10.1. The quantitative estimate of drug-likeness (QED) is 0.379. The van der Waals surface area contributed by atoms with Crippen LogP contribution >= 0.6 is 0 Å². The van der Waals surface area contributed by atoms with Gasteiger partial charge in [0.15, 0.2) is 6.61 Å². The first kappa shape index (κ1) is 24.5. The van der Waals surface area contributed by atoms with Crippen molar-refractivity contribution in [1.29, 1.82) is 0 Å². The smallest absolute Gasteiger partial charge is 0.338 e. The molecule has 0 spiro atoms. The van der Waals surface area contributed by atoms with Crippen LogP contribution in [0.3, 0.4) is 0 Å². The van der Waals surface area contributed by atoms with E-state index in [0.717, 1.165) is 5.56 Å². The fraction of sp³-hybridized carbons (Fsp3) is 0.185. The molecule has 4 rings (SSSR count). The molecular formula is C27H24N2O7. The van der Waals surface area contributed by atoms with E-state index in [2.05, 4.69) is 5.32 Å². The Bertz CT molecular complexity index is 1340. The second-order valence-electron chi connectivity index (χ2n) is 8.02. The van der Waals surface area contributed by atoms with Crippen molar-refractivity contribution in [3.05, 3.63) is 89.0 Å². The summed E-state index contributed by atoms with van der Waals surface area (Å²) in [5, 5.41) is 2.60. The highest BCUT2D eigenvalue weighted by Gasteiger charge is 2.39. The van der Waals surface area contributed by atoms with Crippen molar-refractivity contribution in [3.63, 3.8) is 0 Å². The van der Waals surface area contributed by atoms with Gasteiger partial charge in [-0.3, -0.25) is 19.3 Å². The van der Waals surface area contributed by atoms with Crippen molar-refractivity contribution < 1.29 is 33.4 Å². The van der Waals surface area contributed by atoms with Crippen LogP contribution in [-0.4, -0.2) is 49.4 Å². The van der Waals surface area contributed by atoms with Gasteiger partial charge in [-0.05, 0) is 42.8 Å². The first-order valence-electron chi connectivity index (χ1n) is 11.1. The van der Waals surface area contributed by atoms with E-state index in [4.69, 9.17) is 14.2 Å². The maximum atomic E-state index is 13.0. The van der Waals surface area contributed by atoms with Gasteiger partial charge in [0.1, 0.15) is 11.5 Å². The van der Waals surface area contributed by atoms with E-state index in [1.54, 1.807) is 25.1 Å². The number of rotatable bonds is 8. The van der Waals surface area contributed by atoms with E-state index in [1.807, 2.05) is 30.3 Å². The molecule has 1 aliphatic heterocycles. The van der Waals surface area contributed by atoms with Crippen molar-refractivity contribution >= 4 is 29.4 Å². The van der Waals surface area contributed by atoms with Gasteiger partial charge >= 0.3 is 5.97 Å². The molecule has 0 aliphatic carbocycles. The summed E-state index contributed by atoms with van der Waals surface area (Å²) in [4.78, 5) is 52.1. The SMILES string of the molecule is COc1ccc(OC)c(NC(=O)COC(=O)c2ccc3c(c2)C(=O)N([C@@H](C)c2ccccc2)C3=O)c1. The Morgan fingerprint density at radius 3 is 2.31 bits per heavy atom. The van der Waals surface area contributed by atoms with E-state index < -0.39 is 36.3 Å². The number of amides is 3. The average Bonchev–Trinajstić information content (AvgIpc) is 3.16. The summed E-state index contributed by atoms with van der Waals surface area (Å²) in [5.74, 6) is -1.41. The van der Waals surface area contributed by atoms with Gasteiger partial charge in [-0.15, -0.1) is 0 Å². The molecule has 3 amide bonds. The van der Waals surface area contributed by atoms with Crippen LogP contribution in [0, 0.1) is 0 Å². The van der Waals surface area contributed by atoms with Crippen LogP contribution in [0.4, 0.5) is 5.69 Å². The highest BCUT2D eigenvalue weighted by molar-refractivity contribution is 6.22. The Morgan fingerprint density at radius 1 is 0.889 bits per heavy atom. The molecule has 0 saturated carbocycles. The van der Waals surface area contributed by atoms with Crippen LogP contribution in [-0.2, 0) is 9.53 Å². The molecule has 0 saturated heterocycles. The van der Waals surface area contributed by atoms with Gasteiger partial charge in [-0.2, -0.15) is 0 Å². The van der Waals surface area contributed by atoms with Crippen LogP contribution in [0.5, 0.6) is 11.5 Å². The van der Waals surface area contributed by atoms with Crippen molar-refractivity contribution in [2.75, 3.05) is 26.1 Å². The number of hydrogen-bond acceptors (Lipinski definition) is 7. The largest absolute Gasteiger partial charge is 0.497 e. The number of ether oxygens (including phenoxy) is 3. The molecule has 9 heteroatoms. The van der Waals surface area contributed by atoms with Crippen LogP contribution in [0.1, 0.15) is 49.6 Å². The molecule has 1 N–H and O–H groups in total. The molecule has 0 aromatic heterocycles. The van der Waals surface area contributed by atoms with Crippen LogP contribution in [0.25, 0.3) is 0 Å². The minimum absolute atomic E-state index is 0.0517. The van der Waals surface area contributed by atoms with Gasteiger partial charge in [-0.25, -0.2) is 4.79 Å². The number of esters is 1. The van der Waals surface area contributed by atoms with Gasteiger partial charge < -0.3 is 19.5 Å². The Balaban J connectivity index is 1.43. The third kappa shape index (κ3) is 4.76. The lowest BCUT2D eigenvalue weighted by Crippen LogP contribution is -2.32. The van der Waals surface area contributed by atoms with Crippen LogP contribution in [0.2, 0.25) is 0 Å². The molecule has 36 heavy (non-hydrogen) atoms. The molecule has 0 radical (unpaired) electrons. The van der Waals surface area contributed by atoms with E-state index in [-0.39, 0.29) is 16.7 Å². The van der Waals surface area contributed by atoms with Gasteiger partial charge in [0, 0.05) is 6.07 Å². The summed E-state index contributed by atoms with van der Waals surface area (Å²) in [5.41, 5.74) is 1.54. The number of anilines is 1. The average molecular weight is 488 g/mol. The summed E-state index contributed by atoms with van der Waals surface area (Å²) >= 11 is 0. The zero-order valence-corrected chi connectivity index (χ0v) is 19.9. The standard InChI is InChI=1S/C27H24N2O7/c1-16(17-7-5-4-6-8-17)29-25(31)20-11-9-18(13-21(20)26(29)32)27(33)36-15-24(30)28-22-14-19(34-2)10-12-23(22)35-3/h4-14,16H,15H2,1-3H3,(H,28,30)/t16-/m0/s1. The van der Waals surface area contributed by atoms with Crippen LogP contribution < -0.4 is 14.8 Å². The molecule has 9 nitrogen and oxygen atoms in total. The molecule has 184 valence electrons. The monoisotopic (exact) mass is 488 g/mol.